The van der Waals surface area contributed by atoms with E-state index in [0.717, 1.165) is 0 Å². The number of hydrogen-bond acceptors (Lipinski definition) is 7. The molecule has 2 aliphatic heterocycles. The van der Waals surface area contributed by atoms with Crippen molar-refractivity contribution in [1.29, 1.82) is 0 Å². The molecule has 2 fully saturated rings. The smallest absolute Gasteiger partial charge is 0.342 e. The van der Waals surface area contributed by atoms with E-state index in [4.69, 9.17) is 22.6 Å². The van der Waals surface area contributed by atoms with Gasteiger partial charge in [0.25, 0.3) is 0 Å². The molecule has 0 saturated carbocycles. The van der Waals surface area contributed by atoms with Gasteiger partial charge in [-0.3, -0.25) is 4.18 Å². The molecule has 2 unspecified atom stereocenters. The fraction of sp³-hybridized carbons (Fsp3) is 0.909. The number of esters is 1. The van der Waals surface area contributed by atoms with Crippen LogP contribution in [0.25, 0.3) is 0 Å². The minimum atomic E-state index is -2.00. The van der Waals surface area contributed by atoms with Gasteiger partial charge in [-0.15, -0.1) is 0 Å². The molecule has 0 aliphatic carbocycles. The van der Waals surface area contributed by atoms with Gasteiger partial charge in [0, 0.05) is 0 Å². The molecule has 110 valence electrons. The van der Waals surface area contributed by atoms with Crippen LogP contribution in [-0.4, -0.2) is 47.0 Å². The van der Waals surface area contributed by atoms with Gasteiger partial charge < -0.3 is 14.2 Å². The highest BCUT2D eigenvalue weighted by atomic mass is 32.2. The quantitative estimate of drug-likeness (QED) is 0.699. The highest BCUT2D eigenvalue weighted by Gasteiger charge is 2.59. The monoisotopic (exact) mass is 294 g/mol. The summed E-state index contributed by atoms with van der Waals surface area (Å²) in [6, 6.07) is 0. The fourth-order valence-corrected chi connectivity index (χ4v) is 3.05. The van der Waals surface area contributed by atoms with Gasteiger partial charge in [0.15, 0.2) is 5.79 Å². The second kappa shape index (κ2) is 5.10. The van der Waals surface area contributed by atoms with Crippen LogP contribution in [0.15, 0.2) is 0 Å². The van der Waals surface area contributed by atoms with Crippen LogP contribution >= 0.6 is 0 Å². The van der Waals surface area contributed by atoms with Crippen molar-refractivity contribution < 1.29 is 31.6 Å². The topological polar surface area (TPSA) is 80.3 Å². The van der Waals surface area contributed by atoms with Gasteiger partial charge >= 0.3 is 17.3 Å². The maximum atomic E-state index is 12.0. The van der Waals surface area contributed by atoms with Crippen molar-refractivity contribution in [2.45, 2.75) is 51.3 Å². The Morgan fingerprint density at radius 2 is 2.11 bits per heavy atom. The summed E-state index contributed by atoms with van der Waals surface area (Å²) in [7, 11) is 0. The summed E-state index contributed by atoms with van der Waals surface area (Å²) in [5, 5.41) is 0. The van der Waals surface area contributed by atoms with Gasteiger partial charge in [-0.25, -0.2) is 8.98 Å². The van der Waals surface area contributed by atoms with Gasteiger partial charge in [0.1, 0.15) is 12.2 Å². The van der Waals surface area contributed by atoms with Crippen LogP contribution in [0.2, 0.25) is 0 Å². The summed E-state index contributed by atoms with van der Waals surface area (Å²) in [5.74, 6) is -1.40. The second-order valence-electron chi connectivity index (χ2n) is 5.00. The van der Waals surface area contributed by atoms with E-state index in [1.54, 1.807) is 20.8 Å². The molecule has 7 nitrogen and oxygen atoms in total. The zero-order valence-corrected chi connectivity index (χ0v) is 12.2. The first-order chi connectivity index (χ1) is 8.78. The van der Waals surface area contributed by atoms with Crippen molar-refractivity contribution in [1.82, 2.24) is 0 Å². The summed E-state index contributed by atoms with van der Waals surface area (Å²) in [6.07, 6.45) is -1.38. The van der Waals surface area contributed by atoms with Crippen LogP contribution in [0.1, 0.15) is 27.7 Å². The average Bonchev–Trinajstić information content (AvgIpc) is 2.80. The average molecular weight is 294 g/mol. The van der Waals surface area contributed by atoms with Gasteiger partial charge in [-0.2, -0.15) is 4.21 Å². The normalized spacial score (nSPS) is 41.4. The maximum absolute atomic E-state index is 12.0. The first-order valence-corrected chi connectivity index (χ1v) is 7.06. The number of hydrogen-bond donors (Lipinski definition) is 0. The number of ether oxygens (including phenoxy) is 3. The molecule has 4 atom stereocenters. The second-order valence-corrected chi connectivity index (χ2v) is 5.77. The van der Waals surface area contributed by atoms with Crippen molar-refractivity contribution >= 4 is 17.3 Å². The number of carbonyl (C=O) groups excluding carboxylic acids is 1. The highest BCUT2D eigenvalue weighted by molar-refractivity contribution is 7.75. The van der Waals surface area contributed by atoms with Crippen molar-refractivity contribution in [2.24, 2.45) is 0 Å². The maximum Gasteiger partial charge on any atom is 0.342 e. The molecular formula is C11H18O7S. The summed E-state index contributed by atoms with van der Waals surface area (Å²) in [4.78, 5) is 12.0. The van der Waals surface area contributed by atoms with Gasteiger partial charge in [0.2, 0.25) is 5.60 Å². The van der Waals surface area contributed by atoms with Crippen LogP contribution in [0, 0.1) is 0 Å². The van der Waals surface area contributed by atoms with E-state index in [1.807, 2.05) is 0 Å². The zero-order chi connectivity index (χ0) is 14.3. The molecule has 2 aliphatic rings. The molecule has 0 spiro atoms. The Hall–Kier alpha value is -0.540. The van der Waals surface area contributed by atoms with Crippen molar-refractivity contribution in [3.05, 3.63) is 0 Å². The Morgan fingerprint density at radius 1 is 1.42 bits per heavy atom. The van der Waals surface area contributed by atoms with Crippen molar-refractivity contribution in [2.75, 3.05) is 13.2 Å². The van der Waals surface area contributed by atoms with Gasteiger partial charge in [0.05, 0.1) is 13.2 Å². The summed E-state index contributed by atoms with van der Waals surface area (Å²) in [6.45, 7) is 7.09. The predicted molar refractivity (Wildman–Crippen MR) is 64.0 cm³/mol. The summed E-state index contributed by atoms with van der Waals surface area (Å²) in [5.41, 5.74) is -1.46. The number of rotatable bonds is 3. The molecule has 0 aromatic carbocycles. The SMILES string of the molecule is CCOC(=O)[C@@]1(C)OS(=O)OC1[C@@H]1COC(C)(C)O1. The standard InChI is InChI=1S/C11H18O7S/c1-5-14-9(12)11(4)8(17-19(13)18-11)7-6-15-10(2,3)16-7/h7-8H,5-6H2,1-4H3/t7-,8?,11-,19?/m0/s1. The van der Waals surface area contributed by atoms with Crippen molar-refractivity contribution in [3.63, 3.8) is 0 Å². The molecule has 2 saturated heterocycles. The Bertz CT molecular complexity index is 397. The molecule has 0 aromatic heterocycles. The molecule has 0 aromatic rings. The number of carbonyl (C=O) groups is 1. The third-order valence-electron chi connectivity index (χ3n) is 3.02. The largest absolute Gasteiger partial charge is 0.464 e. The van der Waals surface area contributed by atoms with E-state index in [9.17, 15) is 9.00 Å². The lowest BCUT2D eigenvalue weighted by Gasteiger charge is -2.27. The third-order valence-corrected chi connectivity index (χ3v) is 3.86. The molecule has 2 rings (SSSR count). The first-order valence-electron chi connectivity index (χ1n) is 6.06. The third kappa shape index (κ3) is 2.82. The minimum Gasteiger partial charge on any atom is -0.464 e. The van der Waals surface area contributed by atoms with E-state index in [-0.39, 0.29) is 13.2 Å². The molecule has 19 heavy (non-hydrogen) atoms. The fourth-order valence-electron chi connectivity index (χ4n) is 2.09. The molecule has 0 amide bonds. The Balaban J connectivity index is 2.18. The predicted octanol–water partition coefficient (Wildman–Crippen LogP) is 0.454. The first kappa shape index (κ1) is 14.9. The Morgan fingerprint density at radius 3 is 2.63 bits per heavy atom. The van der Waals surface area contributed by atoms with Crippen molar-refractivity contribution in [3.8, 4) is 0 Å². The van der Waals surface area contributed by atoms with E-state index in [1.165, 1.54) is 6.92 Å². The molecule has 8 heteroatoms. The van der Waals surface area contributed by atoms with Crippen LogP contribution in [0.5, 0.6) is 0 Å². The summed E-state index contributed by atoms with van der Waals surface area (Å²) >= 11 is -2.00. The van der Waals surface area contributed by atoms with E-state index >= 15 is 0 Å². The summed E-state index contributed by atoms with van der Waals surface area (Å²) < 4.78 is 37.7. The molecular weight excluding hydrogens is 276 g/mol. The Kier molecular flexibility index (Phi) is 3.99. The molecule has 0 radical (unpaired) electrons. The lowest BCUT2D eigenvalue weighted by molar-refractivity contribution is -0.175. The lowest BCUT2D eigenvalue weighted by atomic mass is 9.95. The lowest BCUT2D eigenvalue weighted by Crippen LogP contribution is -2.52. The van der Waals surface area contributed by atoms with Gasteiger partial charge in [-0.05, 0) is 27.7 Å². The minimum absolute atomic E-state index is 0.199. The Labute approximate surface area is 114 Å². The van der Waals surface area contributed by atoms with E-state index in [2.05, 4.69) is 0 Å². The van der Waals surface area contributed by atoms with E-state index < -0.39 is 40.9 Å². The van der Waals surface area contributed by atoms with Crippen LogP contribution in [0.3, 0.4) is 0 Å². The van der Waals surface area contributed by atoms with Crippen LogP contribution in [-0.2, 0) is 38.7 Å². The zero-order valence-electron chi connectivity index (χ0n) is 11.3. The molecule has 0 N–H and O–H groups in total. The van der Waals surface area contributed by atoms with E-state index in [0.29, 0.717) is 0 Å². The van der Waals surface area contributed by atoms with Crippen LogP contribution < -0.4 is 0 Å². The van der Waals surface area contributed by atoms with Gasteiger partial charge in [-0.1, -0.05) is 0 Å². The highest BCUT2D eigenvalue weighted by Crippen LogP contribution is 2.37. The molecule has 0 bridgehead atoms. The van der Waals surface area contributed by atoms with Crippen LogP contribution in [0.4, 0.5) is 0 Å². The molecule has 2 heterocycles.